The zero-order valence-electron chi connectivity index (χ0n) is 17.9. The Morgan fingerprint density at radius 3 is 2.75 bits per heavy atom. The number of ether oxygens (including phenoxy) is 2. The maximum absolute atomic E-state index is 12.7. The maximum atomic E-state index is 12.7. The van der Waals surface area contributed by atoms with Crippen LogP contribution < -0.4 is 11.2 Å². The number of hydrogen-bond acceptors (Lipinski definition) is 5. The van der Waals surface area contributed by atoms with Crippen molar-refractivity contribution in [2.24, 2.45) is 5.73 Å². The zero-order chi connectivity index (χ0) is 23.3. The van der Waals surface area contributed by atoms with Crippen LogP contribution in [0.4, 0.5) is 8.78 Å². The molecular formula is C23H25F2N3O4. The third-order valence-electron chi connectivity index (χ3n) is 5.27. The van der Waals surface area contributed by atoms with Gasteiger partial charge in [0.2, 0.25) is 0 Å². The largest absolute Gasteiger partial charge is 0.380 e. The lowest BCUT2D eigenvalue weighted by Gasteiger charge is -2.27. The molecule has 170 valence electrons. The van der Waals surface area contributed by atoms with E-state index in [1.165, 1.54) is 31.5 Å². The van der Waals surface area contributed by atoms with E-state index >= 15 is 0 Å². The molecule has 2 aromatic heterocycles. The molecule has 1 aromatic carbocycles. The van der Waals surface area contributed by atoms with Crippen LogP contribution in [0, 0.1) is 11.6 Å². The van der Waals surface area contributed by atoms with Gasteiger partial charge >= 0.3 is 0 Å². The van der Waals surface area contributed by atoms with Crippen LogP contribution in [0.5, 0.6) is 0 Å². The number of methoxy groups -OCH3 is 1. The van der Waals surface area contributed by atoms with Crippen molar-refractivity contribution in [3.05, 3.63) is 75.3 Å². The van der Waals surface area contributed by atoms with Gasteiger partial charge in [-0.2, -0.15) is 0 Å². The second kappa shape index (κ2) is 10.4. The predicted molar refractivity (Wildman–Crippen MR) is 115 cm³/mol. The number of halogens is 2. The van der Waals surface area contributed by atoms with Crippen molar-refractivity contribution in [1.29, 1.82) is 0 Å². The first-order valence-corrected chi connectivity index (χ1v) is 10.2. The van der Waals surface area contributed by atoms with Crippen LogP contribution in [-0.4, -0.2) is 35.7 Å². The van der Waals surface area contributed by atoms with Crippen LogP contribution in [0.1, 0.15) is 47.4 Å². The first-order chi connectivity index (χ1) is 15.3. The van der Waals surface area contributed by atoms with Gasteiger partial charge in [-0.3, -0.25) is 14.6 Å². The van der Waals surface area contributed by atoms with Gasteiger partial charge in [-0.1, -0.05) is 12.1 Å². The first kappa shape index (κ1) is 23.5. The number of nitrogens with one attached hydrogen (secondary N) is 1. The van der Waals surface area contributed by atoms with Crippen molar-refractivity contribution < 1.29 is 23.0 Å². The lowest BCUT2D eigenvalue weighted by molar-refractivity contribution is 0.0147. The van der Waals surface area contributed by atoms with Gasteiger partial charge in [0, 0.05) is 36.5 Å². The molecule has 2 atom stereocenters. The number of nitrogens with zero attached hydrogens (tertiary/aromatic N) is 1. The Balaban J connectivity index is 0.000000222. The highest BCUT2D eigenvalue weighted by Crippen LogP contribution is 2.27. The summed E-state index contributed by atoms with van der Waals surface area (Å²) in [5.74, 6) is -2.19. The van der Waals surface area contributed by atoms with E-state index in [9.17, 15) is 18.4 Å². The Kier molecular flexibility index (Phi) is 7.66. The molecule has 0 bridgehead atoms. The minimum Gasteiger partial charge on any atom is -0.380 e. The van der Waals surface area contributed by atoms with E-state index in [0.29, 0.717) is 12.1 Å². The molecule has 0 saturated carbocycles. The molecule has 7 nitrogen and oxygen atoms in total. The molecule has 3 heterocycles. The molecule has 32 heavy (non-hydrogen) atoms. The average Bonchev–Trinajstić information content (AvgIpc) is 2.77. The summed E-state index contributed by atoms with van der Waals surface area (Å²) >= 11 is 0. The second-order valence-electron chi connectivity index (χ2n) is 7.60. The molecule has 0 aliphatic carbocycles. The fourth-order valence-electron chi connectivity index (χ4n) is 3.57. The molecule has 4 rings (SSSR count). The number of nitrogens with two attached hydrogens (primary N) is 1. The number of amides is 1. The Labute approximate surface area is 183 Å². The van der Waals surface area contributed by atoms with E-state index in [4.69, 9.17) is 10.5 Å². The number of H-pyrrole nitrogens is 1. The number of rotatable bonds is 4. The van der Waals surface area contributed by atoms with Gasteiger partial charge in [0.05, 0.1) is 30.2 Å². The highest BCUT2D eigenvalue weighted by Gasteiger charge is 2.22. The average molecular weight is 445 g/mol. The lowest BCUT2D eigenvalue weighted by Crippen LogP contribution is -2.24. The standard InChI is InChI=1S/C15H17N3O3.C8H8F2O/c1-8-2-3-9(7-21-8)11-6-12(19)13-10(18-11)4-5-17-14(13)15(16)20;1-11-5-6-3-2-4-7(9)8(6)10/h4-6,8-9H,2-3,7H2,1H3,(H2,16,20)(H,18,19);2-4H,5H2,1H3. The molecule has 3 N–H and O–H groups in total. The Bertz CT molecular complexity index is 1160. The van der Waals surface area contributed by atoms with E-state index in [1.807, 2.05) is 6.92 Å². The monoisotopic (exact) mass is 445 g/mol. The van der Waals surface area contributed by atoms with E-state index in [2.05, 4.69) is 14.7 Å². The van der Waals surface area contributed by atoms with Crippen molar-refractivity contribution in [2.45, 2.75) is 38.4 Å². The van der Waals surface area contributed by atoms with Crippen molar-refractivity contribution in [2.75, 3.05) is 13.7 Å². The van der Waals surface area contributed by atoms with Gasteiger partial charge in [0.25, 0.3) is 5.91 Å². The number of carbonyl (C=O) groups excluding carboxylic acids is 1. The summed E-state index contributed by atoms with van der Waals surface area (Å²) in [6, 6.07) is 7.22. The molecule has 1 saturated heterocycles. The maximum Gasteiger partial charge on any atom is 0.268 e. The van der Waals surface area contributed by atoms with Crippen LogP contribution in [0.25, 0.3) is 10.9 Å². The van der Waals surface area contributed by atoms with E-state index in [0.717, 1.165) is 24.6 Å². The van der Waals surface area contributed by atoms with Crippen LogP contribution in [-0.2, 0) is 16.1 Å². The number of primary amides is 1. The van der Waals surface area contributed by atoms with Crippen LogP contribution in [0.3, 0.4) is 0 Å². The van der Waals surface area contributed by atoms with Crippen LogP contribution in [0.2, 0.25) is 0 Å². The molecule has 1 fully saturated rings. The summed E-state index contributed by atoms with van der Waals surface area (Å²) < 4.78 is 35.5. The molecule has 1 aliphatic heterocycles. The number of fused-ring (bicyclic) bond motifs is 1. The molecule has 9 heteroatoms. The second-order valence-corrected chi connectivity index (χ2v) is 7.60. The summed E-state index contributed by atoms with van der Waals surface area (Å²) in [6.45, 7) is 2.74. The summed E-state index contributed by atoms with van der Waals surface area (Å²) in [5, 5.41) is 0.249. The van der Waals surface area contributed by atoms with Gasteiger partial charge in [-0.25, -0.2) is 8.78 Å². The summed E-state index contributed by atoms with van der Waals surface area (Å²) in [4.78, 5) is 30.8. The smallest absolute Gasteiger partial charge is 0.268 e. The highest BCUT2D eigenvalue weighted by molar-refractivity contribution is 6.03. The molecule has 0 spiro atoms. The minimum absolute atomic E-state index is 0.00816. The van der Waals surface area contributed by atoms with Crippen molar-refractivity contribution in [3.8, 4) is 0 Å². The minimum atomic E-state index is -0.834. The Hall–Kier alpha value is -3.17. The van der Waals surface area contributed by atoms with E-state index < -0.39 is 17.5 Å². The molecule has 1 aliphatic rings. The number of carbonyl (C=O) groups is 1. The number of hydrogen-bond donors (Lipinski definition) is 2. The molecule has 0 radical (unpaired) electrons. The quantitative estimate of drug-likeness (QED) is 0.640. The normalized spacial score (nSPS) is 18.1. The van der Waals surface area contributed by atoms with E-state index in [1.54, 1.807) is 6.07 Å². The fraction of sp³-hybridized carbons (Fsp3) is 0.348. The van der Waals surface area contributed by atoms with Crippen molar-refractivity contribution in [1.82, 2.24) is 9.97 Å². The molecule has 2 unspecified atom stereocenters. The molecule has 1 amide bonds. The predicted octanol–water partition coefficient (Wildman–Crippen LogP) is 3.42. The van der Waals surface area contributed by atoms with Crippen molar-refractivity contribution >= 4 is 16.8 Å². The SMILES string of the molecule is CC1CCC(c2cc(=O)c3c(C(N)=O)nccc3[nH]2)CO1.COCc1cccc(F)c1F. The first-order valence-electron chi connectivity index (χ1n) is 10.2. The van der Waals surface area contributed by atoms with Gasteiger partial charge in [0.15, 0.2) is 17.1 Å². The summed E-state index contributed by atoms with van der Waals surface area (Å²) in [6.07, 6.45) is 3.67. The third kappa shape index (κ3) is 5.35. The zero-order valence-corrected chi connectivity index (χ0v) is 17.9. The van der Waals surface area contributed by atoms with Crippen LogP contribution >= 0.6 is 0 Å². The van der Waals surface area contributed by atoms with Gasteiger partial charge in [-0.15, -0.1) is 0 Å². The number of aromatic amines is 1. The summed E-state index contributed by atoms with van der Waals surface area (Å²) in [5.41, 5.74) is 6.70. The highest BCUT2D eigenvalue weighted by atomic mass is 19.2. The number of aromatic nitrogens is 2. The fourth-order valence-corrected chi connectivity index (χ4v) is 3.57. The molecule has 3 aromatic rings. The third-order valence-corrected chi connectivity index (χ3v) is 5.27. The van der Waals surface area contributed by atoms with Gasteiger partial charge in [0.1, 0.15) is 5.69 Å². The van der Waals surface area contributed by atoms with Crippen LogP contribution in [0.15, 0.2) is 41.3 Å². The summed E-state index contributed by atoms with van der Waals surface area (Å²) in [7, 11) is 1.43. The van der Waals surface area contributed by atoms with E-state index in [-0.39, 0.29) is 40.7 Å². The molecular weight excluding hydrogens is 420 g/mol. The van der Waals surface area contributed by atoms with Gasteiger partial charge in [-0.05, 0) is 31.9 Å². The van der Waals surface area contributed by atoms with Crippen molar-refractivity contribution in [3.63, 3.8) is 0 Å². The van der Waals surface area contributed by atoms with Gasteiger partial charge < -0.3 is 20.2 Å². The topological polar surface area (TPSA) is 107 Å². The number of benzene rings is 1. The number of pyridine rings is 2. The lowest BCUT2D eigenvalue weighted by atomic mass is 9.95. The Morgan fingerprint density at radius 2 is 2.09 bits per heavy atom. The Morgan fingerprint density at radius 1 is 1.31 bits per heavy atom.